The van der Waals surface area contributed by atoms with Crippen molar-refractivity contribution in [3.8, 4) is 12.1 Å². The molecule has 0 aliphatic rings. The lowest BCUT2D eigenvalue weighted by atomic mass is 9.97. The van der Waals surface area contributed by atoms with E-state index < -0.39 is 0 Å². The summed E-state index contributed by atoms with van der Waals surface area (Å²) in [6.45, 7) is 4.20. The molecule has 3 aromatic carbocycles. The lowest BCUT2D eigenvalue weighted by molar-refractivity contribution is 1.42. The third kappa shape index (κ3) is 4.33. The first-order valence-electron chi connectivity index (χ1n) is 9.98. The second-order valence-electron chi connectivity index (χ2n) is 7.45. The topological polar surface area (TPSA) is 47.6 Å². The summed E-state index contributed by atoms with van der Waals surface area (Å²) >= 11 is 1.74. The zero-order valence-corrected chi connectivity index (χ0v) is 18.2. The maximum Gasteiger partial charge on any atom is 0.136 e. The van der Waals surface area contributed by atoms with Gasteiger partial charge in [0.1, 0.15) is 17.7 Å². The van der Waals surface area contributed by atoms with E-state index in [1.54, 1.807) is 11.3 Å². The molecule has 148 valence electrons. The highest BCUT2D eigenvalue weighted by Crippen LogP contribution is 2.22. The van der Waals surface area contributed by atoms with Gasteiger partial charge in [-0.1, -0.05) is 83.9 Å². The van der Waals surface area contributed by atoms with Crippen LogP contribution >= 0.6 is 11.3 Å². The summed E-state index contributed by atoms with van der Waals surface area (Å²) in [6, 6.07) is 33.1. The van der Waals surface area contributed by atoms with E-state index in [9.17, 15) is 0 Å². The third-order valence-corrected chi connectivity index (χ3v) is 6.37. The number of nitrogens with zero attached hydrogens (tertiary/aromatic N) is 2. The Hall–Kier alpha value is -3.92. The first-order valence-corrected chi connectivity index (χ1v) is 10.8. The number of aryl methyl sites for hydroxylation is 2. The van der Waals surface area contributed by atoms with Crippen molar-refractivity contribution in [2.75, 3.05) is 0 Å². The molecule has 0 saturated carbocycles. The van der Waals surface area contributed by atoms with E-state index in [0.29, 0.717) is 5.22 Å². The summed E-state index contributed by atoms with van der Waals surface area (Å²) in [5.41, 5.74) is 6.22. The molecule has 0 aliphatic heterocycles. The standard InChI is InChI=1S/C28H20N2S/c1-19-3-7-23(8-4-19)28(24-9-5-20(2)6-10-24)27-16-15-26(31-27)22-13-11-21(12-14-22)25(17-29)18-30/h3-16H,1-2H3. The van der Waals surface area contributed by atoms with Crippen molar-refractivity contribution < 1.29 is 0 Å². The number of nitriles is 2. The Labute approximate surface area is 185 Å². The normalized spacial score (nSPS) is 10.2. The van der Waals surface area contributed by atoms with Crippen LogP contribution in [0.3, 0.4) is 0 Å². The van der Waals surface area contributed by atoms with Crippen molar-refractivity contribution in [1.82, 2.24) is 0 Å². The predicted molar refractivity (Wildman–Crippen MR) is 126 cm³/mol. The molecule has 0 radical (unpaired) electrons. The molecular formula is C28H20N2S. The fourth-order valence-corrected chi connectivity index (χ4v) is 4.58. The molecule has 4 rings (SSSR count). The molecule has 0 unspecified atom stereocenters. The Morgan fingerprint density at radius 3 is 1.65 bits per heavy atom. The summed E-state index contributed by atoms with van der Waals surface area (Å²) in [6.07, 6.45) is 0. The van der Waals surface area contributed by atoms with Crippen molar-refractivity contribution >= 4 is 22.5 Å². The van der Waals surface area contributed by atoms with Crippen LogP contribution in [-0.2, 0) is 0 Å². The molecule has 31 heavy (non-hydrogen) atoms. The van der Waals surface area contributed by atoms with Crippen LogP contribution in [0.1, 0.15) is 22.3 Å². The largest absolute Gasteiger partial charge is 0.192 e. The lowest BCUT2D eigenvalue weighted by Gasteiger charge is -2.09. The van der Waals surface area contributed by atoms with Crippen LogP contribution in [0.5, 0.6) is 0 Å². The van der Waals surface area contributed by atoms with Gasteiger partial charge in [0.15, 0.2) is 0 Å². The van der Waals surface area contributed by atoms with Gasteiger partial charge in [-0.15, -0.1) is 11.3 Å². The van der Waals surface area contributed by atoms with Crippen LogP contribution in [0, 0.1) is 46.3 Å². The van der Waals surface area contributed by atoms with Crippen molar-refractivity contribution in [3.63, 3.8) is 0 Å². The van der Waals surface area contributed by atoms with Crippen molar-refractivity contribution in [3.05, 3.63) is 127 Å². The van der Waals surface area contributed by atoms with Gasteiger partial charge in [0.25, 0.3) is 0 Å². The molecule has 0 aliphatic carbocycles. The van der Waals surface area contributed by atoms with Gasteiger partial charge >= 0.3 is 0 Å². The highest BCUT2D eigenvalue weighted by Gasteiger charge is 2.07. The molecule has 0 N–H and O–H groups in total. The molecule has 0 bridgehead atoms. The van der Waals surface area contributed by atoms with Crippen LogP contribution in [0.2, 0.25) is 0 Å². The molecule has 0 spiro atoms. The molecule has 1 aromatic heterocycles. The first-order chi connectivity index (χ1) is 15.1. The van der Waals surface area contributed by atoms with E-state index in [0.717, 1.165) is 9.75 Å². The Balaban J connectivity index is 1.98. The molecule has 0 saturated heterocycles. The van der Waals surface area contributed by atoms with Gasteiger partial charge in [-0.05, 0) is 42.3 Å². The summed E-state index contributed by atoms with van der Waals surface area (Å²) in [4.78, 5) is 0. The number of thiophene rings is 1. The predicted octanol–water partition coefficient (Wildman–Crippen LogP) is 5.10. The Morgan fingerprint density at radius 1 is 0.645 bits per heavy atom. The Kier molecular flexibility index (Phi) is 5.80. The second kappa shape index (κ2) is 8.84. The van der Waals surface area contributed by atoms with Gasteiger partial charge in [-0.2, -0.15) is 10.5 Å². The SMILES string of the molecule is Cc1ccc(C(c2ccc(C)cc2)=c2ccc(=c3ccc(=C(C#N)C#N)cc3)s2)cc1. The Morgan fingerprint density at radius 2 is 1.16 bits per heavy atom. The third-order valence-electron chi connectivity index (χ3n) is 5.21. The average Bonchev–Trinajstić information content (AvgIpc) is 3.28. The molecule has 3 heteroatoms. The minimum Gasteiger partial charge on any atom is -0.192 e. The first kappa shape index (κ1) is 20.4. The van der Waals surface area contributed by atoms with Crippen molar-refractivity contribution in [1.29, 1.82) is 10.5 Å². The van der Waals surface area contributed by atoms with Gasteiger partial charge < -0.3 is 0 Å². The fourth-order valence-electron chi connectivity index (χ4n) is 3.47. The Bertz CT molecular complexity index is 1460. The van der Waals surface area contributed by atoms with E-state index in [1.165, 1.54) is 32.4 Å². The minimum absolute atomic E-state index is 0.132. The maximum absolute atomic E-state index is 9.07. The summed E-state index contributed by atoms with van der Waals surface area (Å²) < 4.78 is 2.35. The fraction of sp³-hybridized carbons (Fsp3) is 0.0714. The van der Waals surface area contributed by atoms with Crippen LogP contribution < -0.4 is 9.75 Å². The number of hydrogen-bond acceptors (Lipinski definition) is 3. The summed E-state index contributed by atoms with van der Waals surface area (Å²) in [7, 11) is 0. The van der Waals surface area contributed by atoms with Crippen LogP contribution in [0.25, 0.3) is 11.1 Å². The van der Waals surface area contributed by atoms with Crippen LogP contribution in [0.15, 0.2) is 84.9 Å². The average molecular weight is 417 g/mol. The second-order valence-corrected chi connectivity index (χ2v) is 8.53. The zero-order chi connectivity index (χ0) is 21.8. The van der Waals surface area contributed by atoms with E-state index in [4.69, 9.17) is 10.5 Å². The molecule has 2 nitrogen and oxygen atoms in total. The van der Waals surface area contributed by atoms with Gasteiger partial charge in [0.2, 0.25) is 0 Å². The van der Waals surface area contributed by atoms with Crippen LogP contribution in [0.4, 0.5) is 0 Å². The number of benzene rings is 3. The smallest absolute Gasteiger partial charge is 0.136 e. The zero-order valence-electron chi connectivity index (χ0n) is 17.4. The highest BCUT2D eigenvalue weighted by molar-refractivity contribution is 7.08. The quantitative estimate of drug-likeness (QED) is 0.457. The van der Waals surface area contributed by atoms with Crippen LogP contribution in [-0.4, -0.2) is 0 Å². The summed E-state index contributed by atoms with van der Waals surface area (Å²) in [5, 5.41) is 19.9. The van der Waals surface area contributed by atoms with Gasteiger partial charge in [-0.25, -0.2) is 0 Å². The minimum atomic E-state index is 0.132. The molecular weight excluding hydrogens is 396 g/mol. The maximum atomic E-state index is 9.07. The molecule has 1 heterocycles. The van der Waals surface area contributed by atoms with E-state index in [-0.39, 0.29) is 5.57 Å². The monoisotopic (exact) mass is 416 g/mol. The van der Waals surface area contributed by atoms with Gasteiger partial charge in [0.05, 0.1) is 0 Å². The highest BCUT2D eigenvalue weighted by atomic mass is 32.1. The number of rotatable bonds is 2. The summed E-state index contributed by atoms with van der Waals surface area (Å²) in [5.74, 6) is 0. The number of hydrogen-bond donors (Lipinski definition) is 0. The van der Waals surface area contributed by atoms with Gasteiger partial charge in [0, 0.05) is 19.9 Å². The molecule has 4 aromatic rings. The van der Waals surface area contributed by atoms with Crippen molar-refractivity contribution in [2.24, 2.45) is 0 Å². The molecule has 0 amide bonds. The van der Waals surface area contributed by atoms with E-state index >= 15 is 0 Å². The van der Waals surface area contributed by atoms with Gasteiger partial charge in [-0.3, -0.25) is 0 Å². The van der Waals surface area contributed by atoms with E-state index in [2.05, 4.69) is 74.5 Å². The van der Waals surface area contributed by atoms with Crippen molar-refractivity contribution in [2.45, 2.75) is 13.8 Å². The lowest BCUT2D eigenvalue weighted by Crippen LogP contribution is -2.03. The molecule has 0 fully saturated rings. The molecule has 0 atom stereocenters. The van der Waals surface area contributed by atoms with E-state index in [1.807, 2.05) is 36.4 Å².